The molecule has 112 valence electrons. The lowest BCUT2D eigenvalue weighted by atomic mass is 10.1. The smallest absolute Gasteiger partial charge is 0.265 e. The van der Waals surface area contributed by atoms with Gasteiger partial charge in [0, 0.05) is 23.4 Å². The Balaban J connectivity index is 2.42. The van der Waals surface area contributed by atoms with Gasteiger partial charge in [0.15, 0.2) is 0 Å². The molecule has 0 spiro atoms. The van der Waals surface area contributed by atoms with Crippen LogP contribution in [0.3, 0.4) is 0 Å². The average molecular weight is 370 g/mol. The van der Waals surface area contributed by atoms with Gasteiger partial charge in [-0.1, -0.05) is 15.9 Å². The van der Waals surface area contributed by atoms with Crippen LogP contribution in [0.4, 0.5) is 11.5 Å². The summed E-state index contributed by atoms with van der Waals surface area (Å²) >= 11 is 3.46. The van der Waals surface area contributed by atoms with Crippen molar-refractivity contribution in [3.63, 3.8) is 0 Å². The number of aryl methyl sites for hydroxylation is 2. The number of benzene rings is 1. The van der Waals surface area contributed by atoms with Gasteiger partial charge in [-0.2, -0.15) is 0 Å². The van der Waals surface area contributed by atoms with Crippen LogP contribution in [0, 0.1) is 13.8 Å². The SMILES string of the molecule is CNc1ncccc1S(=O)(=O)Nc1cc(C)c(Br)c(C)c1. The Bertz CT molecular complexity index is 753. The van der Waals surface area contributed by atoms with Gasteiger partial charge >= 0.3 is 0 Å². The summed E-state index contributed by atoms with van der Waals surface area (Å²) in [6.07, 6.45) is 1.54. The fraction of sp³-hybridized carbons (Fsp3) is 0.214. The van der Waals surface area contributed by atoms with Crippen molar-refractivity contribution in [1.29, 1.82) is 0 Å². The molecule has 0 bridgehead atoms. The molecule has 5 nitrogen and oxygen atoms in total. The van der Waals surface area contributed by atoms with Crippen molar-refractivity contribution >= 4 is 37.5 Å². The predicted molar refractivity (Wildman–Crippen MR) is 88.2 cm³/mol. The first kappa shape index (κ1) is 15.8. The standard InChI is InChI=1S/C14H16BrN3O2S/c1-9-7-11(8-10(2)13(9)15)18-21(19,20)12-5-4-6-17-14(12)16-3/h4-8,18H,1-3H3,(H,16,17). The van der Waals surface area contributed by atoms with E-state index in [4.69, 9.17) is 0 Å². The Hall–Kier alpha value is -1.60. The molecule has 0 aliphatic carbocycles. The van der Waals surface area contributed by atoms with Gasteiger partial charge in [-0.15, -0.1) is 0 Å². The van der Waals surface area contributed by atoms with E-state index in [-0.39, 0.29) is 4.90 Å². The third-order valence-electron chi connectivity index (χ3n) is 2.99. The van der Waals surface area contributed by atoms with Crippen molar-refractivity contribution in [2.24, 2.45) is 0 Å². The van der Waals surface area contributed by atoms with Crippen LogP contribution in [0.15, 0.2) is 39.8 Å². The minimum Gasteiger partial charge on any atom is -0.372 e. The Morgan fingerprint density at radius 2 is 1.81 bits per heavy atom. The normalized spacial score (nSPS) is 11.2. The molecule has 0 saturated heterocycles. The largest absolute Gasteiger partial charge is 0.372 e. The van der Waals surface area contributed by atoms with E-state index in [0.29, 0.717) is 11.5 Å². The minimum atomic E-state index is -3.69. The molecule has 2 aromatic rings. The van der Waals surface area contributed by atoms with Gasteiger partial charge in [0.1, 0.15) is 10.7 Å². The molecule has 1 aromatic carbocycles. The number of rotatable bonds is 4. The lowest BCUT2D eigenvalue weighted by Crippen LogP contribution is -2.15. The molecule has 1 aromatic heterocycles. The number of hydrogen-bond donors (Lipinski definition) is 2. The summed E-state index contributed by atoms with van der Waals surface area (Å²) < 4.78 is 28.5. The second-order valence-electron chi connectivity index (χ2n) is 4.63. The summed E-state index contributed by atoms with van der Waals surface area (Å²) in [6, 6.07) is 6.67. The molecule has 7 heteroatoms. The zero-order valence-corrected chi connectivity index (χ0v) is 14.3. The van der Waals surface area contributed by atoms with Crippen LogP contribution in [-0.2, 0) is 10.0 Å². The van der Waals surface area contributed by atoms with E-state index in [9.17, 15) is 8.42 Å². The lowest BCUT2D eigenvalue weighted by Gasteiger charge is -2.13. The predicted octanol–water partition coefficient (Wildman–Crippen LogP) is 3.30. The molecule has 2 N–H and O–H groups in total. The van der Waals surface area contributed by atoms with Gasteiger partial charge < -0.3 is 5.32 Å². The van der Waals surface area contributed by atoms with E-state index in [0.717, 1.165) is 15.6 Å². The van der Waals surface area contributed by atoms with Crippen LogP contribution in [-0.4, -0.2) is 20.4 Å². The third-order valence-corrected chi connectivity index (χ3v) is 5.65. The van der Waals surface area contributed by atoms with Gasteiger partial charge in [0.2, 0.25) is 0 Å². The molecule has 21 heavy (non-hydrogen) atoms. The summed E-state index contributed by atoms with van der Waals surface area (Å²) in [5.74, 6) is 0.315. The Kier molecular flexibility index (Phi) is 4.53. The Morgan fingerprint density at radius 3 is 2.38 bits per heavy atom. The van der Waals surface area contributed by atoms with E-state index in [1.807, 2.05) is 13.8 Å². The zero-order chi connectivity index (χ0) is 15.6. The Labute approximate surface area is 133 Å². The van der Waals surface area contributed by atoms with E-state index in [1.54, 1.807) is 31.4 Å². The number of pyridine rings is 1. The molecular weight excluding hydrogens is 354 g/mol. The Morgan fingerprint density at radius 1 is 1.19 bits per heavy atom. The van der Waals surface area contributed by atoms with Gasteiger partial charge in [-0.3, -0.25) is 4.72 Å². The van der Waals surface area contributed by atoms with Gasteiger partial charge in [0.05, 0.1) is 0 Å². The topological polar surface area (TPSA) is 71.1 Å². The third kappa shape index (κ3) is 3.36. The summed E-state index contributed by atoms with van der Waals surface area (Å²) in [6.45, 7) is 3.83. The first-order chi connectivity index (χ1) is 9.85. The average Bonchev–Trinajstić information content (AvgIpc) is 2.44. The van der Waals surface area contributed by atoms with Crippen LogP contribution in [0.5, 0.6) is 0 Å². The van der Waals surface area contributed by atoms with Crippen LogP contribution in [0.2, 0.25) is 0 Å². The quantitative estimate of drug-likeness (QED) is 0.866. The number of nitrogens with zero attached hydrogens (tertiary/aromatic N) is 1. The highest BCUT2D eigenvalue weighted by molar-refractivity contribution is 9.10. The molecule has 1 heterocycles. The molecule has 0 fully saturated rings. The van der Waals surface area contributed by atoms with Crippen molar-refractivity contribution in [2.45, 2.75) is 18.7 Å². The fourth-order valence-corrected chi connectivity index (χ4v) is 3.44. The van der Waals surface area contributed by atoms with Gasteiger partial charge in [0.25, 0.3) is 10.0 Å². The first-order valence-corrected chi connectivity index (χ1v) is 8.55. The van der Waals surface area contributed by atoms with Crippen LogP contribution in [0.1, 0.15) is 11.1 Å². The van der Waals surface area contributed by atoms with E-state index >= 15 is 0 Å². The van der Waals surface area contributed by atoms with E-state index in [1.165, 1.54) is 6.07 Å². The number of anilines is 2. The number of hydrogen-bond acceptors (Lipinski definition) is 4. The summed E-state index contributed by atoms with van der Waals surface area (Å²) in [7, 11) is -2.06. The molecule has 0 aliphatic heterocycles. The molecule has 0 aliphatic rings. The second-order valence-corrected chi connectivity index (χ2v) is 7.07. The highest BCUT2D eigenvalue weighted by atomic mass is 79.9. The van der Waals surface area contributed by atoms with Gasteiger partial charge in [-0.05, 0) is 49.2 Å². The molecule has 0 radical (unpaired) electrons. The maximum atomic E-state index is 12.5. The fourth-order valence-electron chi connectivity index (χ4n) is 2.01. The maximum Gasteiger partial charge on any atom is 0.265 e. The van der Waals surface area contributed by atoms with Crippen LogP contribution in [0.25, 0.3) is 0 Å². The van der Waals surface area contributed by atoms with Crippen molar-refractivity contribution < 1.29 is 8.42 Å². The number of aromatic nitrogens is 1. The van der Waals surface area contributed by atoms with Crippen molar-refractivity contribution in [3.8, 4) is 0 Å². The molecule has 0 unspecified atom stereocenters. The van der Waals surface area contributed by atoms with Gasteiger partial charge in [-0.25, -0.2) is 13.4 Å². The van der Waals surface area contributed by atoms with Crippen molar-refractivity contribution in [2.75, 3.05) is 17.1 Å². The summed E-state index contributed by atoms with van der Waals surface area (Å²) in [5.41, 5.74) is 2.46. The van der Waals surface area contributed by atoms with Crippen molar-refractivity contribution in [3.05, 3.63) is 46.1 Å². The van der Waals surface area contributed by atoms with Crippen LogP contribution < -0.4 is 10.0 Å². The monoisotopic (exact) mass is 369 g/mol. The zero-order valence-electron chi connectivity index (χ0n) is 11.9. The summed E-state index contributed by atoms with van der Waals surface area (Å²) in [5, 5.41) is 2.78. The second kappa shape index (κ2) is 6.03. The highest BCUT2D eigenvalue weighted by Crippen LogP contribution is 2.27. The molecule has 2 rings (SSSR count). The lowest BCUT2D eigenvalue weighted by molar-refractivity contribution is 0.601. The molecule has 0 atom stereocenters. The van der Waals surface area contributed by atoms with Crippen molar-refractivity contribution in [1.82, 2.24) is 4.98 Å². The number of halogens is 1. The summed E-state index contributed by atoms with van der Waals surface area (Å²) in [4.78, 5) is 4.13. The molecule has 0 saturated carbocycles. The molecular formula is C14H16BrN3O2S. The van der Waals surface area contributed by atoms with Crippen LogP contribution >= 0.6 is 15.9 Å². The highest BCUT2D eigenvalue weighted by Gasteiger charge is 2.19. The minimum absolute atomic E-state index is 0.116. The molecule has 0 amide bonds. The first-order valence-electron chi connectivity index (χ1n) is 6.27. The number of sulfonamides is 1. The maximum absolute atomic E-state index is 12.5. The van der Waals surface area contributed by atoms with E-state index < -0.39 is 10.0 Å². The van der Waals surface area contributed by atoms with E-state index in [2.05, 4.69) is 31.0 Å². The number of nitrogens with one attached hydrogen (secondary N) is 2.